The van der Waals surface area contributed by atoms with Gasteiger partial charge in [0.25, 0.3) is 5.91 Å². The third-order valence-corrected chi connectivity index (χ3v) is 9.71. The molecule has 1 fully saturated rings. The highest BCUT2D eigenvalue weighted by molar-refractivity contribution is 8.39. The van der Waals surface area contributed by atoms with Gasteiger partial charge in [-0.05, 0) is 57.7 Å². The second kappa shape index (κ2) is 15.6. The van der Waals surface area contributed by atoms with Crippen molar-refractivity contribution < 1.29 is 32.8 Å². The van der Waals surface area contributed by atoms with Crippen molar-refractivity contribution in [1.29, 1.82) is 0 Å². The summed E-state index contributed by atoms with van der Waals surface area (Å²) in [6.45, 7) is 0.0328. The Morgan fingerprint density at radius 3 is 2.06 bits per heavy atom. The van der Waals surface area contributed by atoms with E-state index in [1.165, 1.54) is 6.33 Å². The van der Waals surface area contributed by atoms with Crippen LogP contribution >= 0.6 is 19.5 Å². The molecule has 0 bridgehead atoms. The lowest BCUT2D eigenvalue weighted by Crippen LogP contribution is -2.38. The molecule has 1 amide bonds. The number of carbonyl (C=O) groups excluding carboxylic acids is 1. The van der Waals surface area contributed by atoms with E-state index in [1.54, 1.807) is 49.4 Å². The molecule has 0 radical (unpaired) electrons. The number of aromatic nitrogens is 4. The summed E-state index contributed by atoms with van der Waals surface area (Å²) in [6.07, 6.45) is 1.24. The molecule has 264 valence electrons. The first kappa shape index (κ1) is 35.2. The van der Waals surface area contributed by atoms with E-state index in [4.69, 9.17) is 23.5 Å². The molecule has 2 aromatic heterocycles. The number of methoxy groups -OCH3 is 2. The number of imidazole rings is 1. The molecule has 4 aromatic carbocycles. The number of nitrogens with one attached hydrogen (secondary N) is 1. The number of carbonyl (C=O) groups is 1. The Bertz CT molecular complexity index is 2110. The largest absolute Gasteiger partial charge is 0.582 e. The lowest BCUT2D eigenvalue weighted by atomic mass is 9.80. The van der Waals surface area contributed by atoms with Gasteiger partial charge in [0, 0.05) is 12.0 Å². The lowest BCUT2D eigenvalue weighted by Gasteiger charge is -2.37. The molecular weight excluding hydrogens is 701 g/mol. The molecule has 3 heterocycles. The van der Waals surface area contributed by atoms with Crippen LogP contribution in [-0.2, 0) is 24.2 Å². The maximum Gasteiger partial charge on any atom is 0.582 e. The maximum absolute atomic E-state index is 12.9. The van der Waals surface area contributed by atoms with Gasteiger partial charge in [-0.15, -0.1) is 4.52 Å². The molecule has 1 aliphatic rings. The minimum absolute atomic E-state index is 0.0328. The summed E-state index contributed by atoms with van der Waals surface area (Å²) < 4.78 is 44.6. The zero-order chi connectivity index (χ0) is 36.1. The van der Waals surface area contributed by atoms with E-state index < -0.39 is 31.3 Å². The molecule has 1 saturated heterocycles. The van der Waals surface area contributed by atoms with Crippen molar-refractivity contribution in [2.75, 3.05) is 26.1 Å². The van der Waals surface area contributed by atoms with Crippen LogP contribution in [-0.4, -0.2) is 58.5 Å². The molecule has 7 rings (SSSR count). The molecule has 52 heavy (non-hydrogen) atoms. The van der Waals surface area contributed by atoms with Crippen LogP contribution in [0.4, 0.5) is 5.82 Å². The van der Waals surface area contributed by atoms with E-state index in [-0.39, 0.29) is 18.3 Å². The van der Waals surface area contributed by atoms with E-state index in [0.29, 0.717) is 34.6 Å². The van der Waals surface area contributed by atoms with Crippen molar-refractivity contribution in [3.8, 4) is 11.5 Å². The smallest absolute Gasteiger partial charge is 0.497 e. The predicted octanol–water partition coefficient (Wildman–Crippen LogP) is 7.36. The first-order chi connectivity index (χ1) is 25.4. The van der Waals surface area contributed by atoms with Gasteiger partial charge in [0.2, 0.25) is 0 Å². The molecule has 4 atom stereocenters. The Labute approximate surface area is 306 Å². The maximum atomic E-state index is 12.9. The van der Waals surface area contributed by atoms with Crippen LogP contribution in [0, 0.1) is 0 Å². The Balaban J connectivity index is 1.22. The monoisotopic (exact) mass is 736 g/mol. The highest BCUT2D eigenvalue weighted by atomic mass is 32.7. The Hall–Kier alpha value is -5.17. The SMILES string of the molecule is COc1ccc(C(OC[C@H]2O[C@@H](n3cnc4c(NC(=O)c5ccccc5)ncnc43)C[C@@H]2O[P+](=O)S)(c2ccccc2)c2ccc(OC)cc2)cc1. The van der Waals surface area contributed by atoms with Crippen molar-refractivity contribution in [3.63, 3.8) is 0 Å². The first-order valence-electron chi connectivity index (χ1n) is 16.4. The van der Waals surface area contributed by atoms with Crippen LogP contribution < -0.4 is 14.8 Å². The second-order valence-electron chi connectivity index (χ2n) is 11.9. The first-order valence-corrected chi connectivity index (χ1v) is 18.7. The van der Waals surface area contributed by atoms with Crippen molar-refractivity contribution in [3.05, 3.63) is 144 Å². The summed E-state index contributed by atoms with van der Waals surface area (Å²) in [5, 5.41) is 2.83. The molecule has 1 aliphatic heterocycles. The zero-order valence-electron chi connectivity index (χ0n) is 28.2. The number of benzene rings is 4. The van der Waals surface area contributed by atoms with E-state index in [0.717, 1.165) is 16.7 Å². The fourth-order valence-electron chi connectivity index (χ4n) is 6.45. The Kier molecular flexibility index (Phi) is 10.6. The summed E-state index contributed by atoms with van der Waals surface area (Å²) in [7, 11) is 0.958. The van der Waals surface area contributed by atoms with Crippen molar-refractivity contribution in [2.45, 2.75) is 30.5 Å². The van der Waals surface area contributed by atoms with E-state index in [1.807, 2.05) is 84.9 Å². The third-order valence-electron chi connectivity index (χ3n) is 8.98. The second-order valence-corrected chi connectivity index (χ2v) is 13.6. The standard InChI is InChI=1S/C38H34N5O7PS/c1-46-29-17-13-27(14-18-29)38(26-11-7-4-8-12-26,28-15-19-30(47-2)20-16-28)48-22-32-31(50-51(45)52)21-33(49-32)43-24-41-34-35(39-23-40-36(34)43)42-37(44)25-9-5-3-6-10-25/h3-20,23-24,31-33H,21-22H2,1-2H3,(H-,39,40,42,44,45,52)/p+1/t31-,32+,33+/m0/s1. The van der Waals surface area contributed by atoms with Gasteiger partial charge in [-0.1, -0.05) is 72.8 Å². The van der Waals surface area contributed by atoms with E-state index in [9.17, 15) is 9.36 Å². The number of nitrogens with zero attached hydrogens (tertiary/aromatic N) is 4. The van der Waals surface area contributed by atoms with Crippen LogP contribution in [0.2, 0.25) is 0 Å². The van der Waals surface area contributed by atoms with Crippen molar-refractivity contribution in [1.82, 2.24) is 19.5 Å². The number of anilines is 1. The van der Waals surface area contributed by atoms with Gasteiger partial charge in [-0.2, -0.15) is 0 Å². The number of hydrogen-bond acceptors (Lipinski definition) is 10. The van der Waals surface area contributed by atoms with E-state index in [2.05, 4.69) is 32.5 Å². The highest BCUT2D eigenvalue weighted by Crippen LogP contribution is 2.44. The minimum Gasteiger partial charge on any atom is -0.497 e. The average molecular weight is 737 g/mol. The molecular formula is C38H35N5O7PS+. The Morgan fingerprint density at radius 1 is 0.865 bits per heavy atom. The van der Waals surface area contributed by atoms with Crippen LogP contribution in [0.5, 0.6) is 11.5 Å². The van der Waals surface area contributed by atoms with Gasteiger partial charge in [0.05, 0.1) is 27.2 Å². The summed E-state index contributed by atoms with van der Waals surface area (Å²) in [6, 6.07) is 34.2. The van der Waals surface area contributed by atoms with Gasteiger partial charge in [-0.3, -0.25) is 9.36 Å². The summed E-state index contributed by atoms with van der Waals surface area (Å²) >= 11 is 4.07. The van der Waals surface area contributed by atoms with Crippen molar-refractivity contribution >= 4 is 42.4 Å². The lowest BCUT2D eigenvalue weighted by molar-refractivity contribution is -0.0894. The van der Waals surface area contributed by atoms with Crippen LogP contribution in [0.3, 0.4) is 0 Å². The van der Waals surface area contributed by atoms with Crippen LogP contribution in [0.1, 0.15) is 39.7 Å². The number of hydrogen-bond donors (Lipinski definition) is 2. The topological polar surface area (TPSA) is 136 Å². The molecule has 6 aromatic rings. The zero-order valence-corrected chi connectivity index (χ0v) is 30.0. The summed E-state index contributed by atoms with van der Waals surface area (Å²) in [5.74, 6) is 1.33. The van der Waals surface area contributed by atoms with Crippen LogP contribution in [0.25, 0.3) is 11.2 Å². The van der Waals surface area contributed by atoms with Gasteiger partial charge in [0.1, 0.15) is 54.1 Å². The van der Waals surface area contributed by atoms with E-state index >= 15 is 0 Å². The van der Waals surface area contributed by atoms with Crippen molar-refractivity contribution in [2.24, 2.45) is 0 Å². The summed E-state index contributed by atoms with van der Waals surface area (Å²) in [4.78, 5) is 26.2. The number of rotatable bonds is 13. The predicted molar refractivity (Wildman–Crippen MR) is 198 cm³/mol. The van der Waals surface area contributed by atoms with Gasteiger partial charge in [-0.25, -0.2) is 15.0 Å². The molecule has 1 N–H and O–H groups in total. The molecule has 14 heteroatoms. The molecule has 0 aliphatic carbocycles. The van der Waals surface area contributed by atoms with Gasteiger partial charge < -0.3 is 24.3 Å². The molecule has 1 unspecified atom stereocenters. The average Bonchev–Trinajstić information content (AvgIpc) is 3.80. The molecule has 12 nitrogen and oxygen atoms in total. The number of ether oxygens (including phenoxy) is 4. The number of fused-ring (bicyclic) bond motifs is 1. The normalized spacial score (nSPS) is 17.5. The van der Waals surface area contributed by atoms with Gasteiger partial charge in [0.15, 0.2) is 17.0 Å². The molecule has 0 saturated carbocycles. The third kappa shape index (κ3) is 7.14. The Morgan fingerprint density at radius 2 is 1.46 bits per heavy atom. The van der Waals surface area contributed by atoms with Gasteiger partial charge >= 0.3 is 7.23 Å². The quantitative estimate of drug-likeness (QED) is 0.0703. The fourth-order valence-corrected chi connectivity index (χ4v) is 7.27. The fraction of sp³-hybridized carbons (Fsp3) is 0.211. The number of thiol groups is 1. The minimum atomic E-state index is -2.29. The number of amides is 1. The van der Waals surface area contributed by atoms with Crippen LogP contribution in [0.15, 0.2) is 122 Å². The molecule has 0 spiro atoms. The summed E-state index contributed by atoms with van der Waals surface area (Å²) in [5.41, 5.74) is 2.76. The highest BCUT2D eigenvalue weighted by Gasteiger charge is 2.45.